The molecule has 94 valence electrons. The van der Waals surface area contributed by atoms with E-state index in [1.165, 1.54) is 0 Å². The molecular formula is C15H15BrO2. The van der Waals surface area contributed by atoms with Gasteiger partial charge in [0.1, 0.15) is 11.9 Å². The van der Waals surface area contributed by atoms with Crippen LogP contribution in [0.4, 0.5) is 0 Å². The minimum absolute atomic E-state index is 0.620. The summed E-state index contributed by atoms with van der Waals surface area (Å²) in [7, 11) is 0. The molecule has 0 saturated heterocycles. The SMILES string of the molecule is CCOc1cccc(C(O)c2ccccc2Br)c1. The molecule has 18 heavy (non-hydrogen) atoms. The molecule has 0 fully saturated rings. The zero-order chi connectivity index (χ0) is 13.0. The average molecular weight is 307 g/mol. The first-order valence-corrected chi connectivity index (χ1v) is 6.67. The molecule has 2 aromatic rings. The Labute approximate surface area is 115 Å². The van der Waals surface area contributed by atoms with Crippen molar-refractivity contribution in [2.75, 3.05) is 6.61 Å². The van der Waals surface area contributed by atoms with Gasteiger partial charge in [0.05, 0.1) is 6.61 Å². The third kappa shape index (κ3) is 2.92. The number of ether oxygens (including phenoxy) is 1. The molecular weight excluding hydrogens is 292 g/mol. The minimum atomic E-state index is -0.652. The third-order valence-electron chi connectivity index (χ3n) is 2.68. The molecule has 0 aliphatic heterocycles. The van der Waals surface area contributed by atoms with Gasteiger partial charge in [-0.05, 0) is 36.2 Å². The number of rotatable bonds is 4. The number of hydrogen-bond donors (Lipinski definition) is 1. The summed E-state index contributed by atoms with van der Waals surface area (Å²) in [4.78, 5) is 0. The number of halogens is 1. The Kier molecular flexibility index (Phi) is 4.39. The van der Waals surface area contributed by atoms with E-state index < -0.39 is 6.10 Å². The number of benzene rings is 2. The molecule has 2 nitrogen and oxygen atoms in total. The Morgan fingerprint density at radius 2 is 1.94 bits per heavy atom. The van der Waals surface area contributed by atoms with E-state index in [4.69, 9.17) is 4.74 Å². The maximum atomic E-state index is 10.4. The highest BCUT2D eigenvalue weighted by Gasteiger charge is 2.13. The second kappa shape index (κ2) is 6.03. The van der Waals surface area contributed by atoms with Crippen LogP contribution in [-0.2, 0) is 0 Å². The van der Waals surface area contributed by atoms with E-state index >= 15 is 0 Å². The maximum absolute atomic E-state index is 10.4. The van der Waals surface area contributed by atoms with Crippen LogP contribution in [0.3, 0.4) is 0 Å². The summed E-state index contributed by atoms with van der Waals surface area (Å²) in [6.45, 7) is 2.56. The fraction of sp³-hybridized carbons (Fsp3) is 0.200. The molecule has 1 unspecified atom stereocenters. The fourth-order valence-corrected chi connectivity index (χ4v) is 2.32. The van der Waals surface area contributed by atoms with Gasteiger partial charge in [0.15, 0.2) is 0 Å². The van der Waals surface area contributed by atoms with Crippen molar-refractivity contribution in [2.45, 2.75) is 13.0 Å². The Bertz CT molecular complexity index is 525. The van der Waals surface area contributed by atoms with E-state index in [2.05, 4.69) is 15.9 Å². The van der Waals surface area contributed by atoms with Gasteiger partial charge in [0.2, 0.25) is 0 Å². The van der Waals surface area contributed by atoms with Crippen molar-refractivity contribution in [2.24, 2.45) is 0 Å². The van der Waals surface area contributed by atoms with Crippen LogP contribution in [-0.4, -0.2) is 11.7 Å². The summed E-state index contributed by atoms with van der Waals surface area (Å²) in [5.41, 5.74) is 1.68. The van der Waals surface area contributed by atoms with Crippen LogP contribution in [0.25, 0.3) is 0 Å². The smallest absolute Gasteiger partial charge is 0.119 e. The summed E-state index contributed by atoms with van der Waals surface area (Å²) < 4.78 is 6.34. The Morgan fingerprint density at radius 1 is 1.17 bits per heavy atom. The van der Waals surface area contributed by atoms with Crippen molar-refractivity contribution in [3.63, 3.8) is 0 Å². The Balaban J connectivity index is 2.31. The van der Waals surface area contributed by atoms with Gasteiger partial charge in [-0.3, -0.25) is 0 Å². The van der Waals surface area contributed by atoms with Crippen molar-refractivity contribution in [3.05, 3.63) is 64.1 Å². The highest BCUT2D eigenvalue weighted by Crippen LogP contribution is 2.29. The third-order valence-corrected chi connectivity index (χ3v) is 3.41. The fourth-order valence-electron chi connectivity index (χ4n) is 1.82. The monoisotopic (exact) mass is 306 g/mol. The van der Waals surface area contributed by atoms with Crippen LogP contribution in [0.5, 0.6) is 5.75 Å². The molecule has 0 bridgehead atoms. The summed E-state index contributed by atoms with van der Waals surface area (Å²) in [6, 6.07) is 15.2. The van der Waals surface area contributed by atoms with Crippen molar-refractivity contribution < 1.29 is 9.84 Å². The quantitative estimate of drug-likeness (QED) is 0.927. The van der Waals surface area contributed by atoms with Crippen LogP contribution in [0.1, 0.15) is 24.2 Å². The number of aliphatic hydroxyl groups excluding tert-OH is 1. The molecule has 1 atom stereocenters. The second-order valence-corrected chi connectivity index (χ2v) is 4.78. The van der Waals surface area contributed by atoms with Crippen molar-refractivity contribution in [1.82, 2.24) is 0 Å². The Hall–Kier alpha value is -1.32. The minimum Gasteiger partial charge on any atom is -0.494 e. The summed E-state index contributed by atoms with van der Waals surface area (Å²) in [5.74, 6) is 0.779. The lowest BCUT2D eigenvalue weighted by molar-refractivity contribution is 0.218. The predicted molar refractivity (Wildman–Crippen MR) is 75.8 cm³/mol. The first-order valence-electron chi connectivity index (χ1n) is 5.87. The van der Waals surface area contributed by atoms with Crippen LogP contribution < -0.4 is 4.74 Å². The van der Waals surface area contributed by atoms with Crippen molar-refractivity contribution in [1.29, 1.82) is 0 Å². The van der Waals surface area contributed by atoms with E-state index in [1.54, 1.807) is 0 Å². The highest BCUT2D eigenvalue weighted by molar-refractivity contribution is 9.10. The van der Waals surface area contributed by atoms with E-state index in [9.17, 15) is 5.11 Å². The van der Waals surface area contributed by atoms with Gasteiger partial charge in [-0.25, -0.2) is 0 Å². The Morgan fingerprint density at radius 3 is 2.67 bits per heavy atom. The molecule has 0 spiro atoms. The molecule has 0 amide bonds. The van der Waals surface area contributed by atoms with Gasteiger partial charge in [-0.1, -0.05) is 46.3 Å². The molecule has 0 saturated carbocycles. The molecule has 3 heteroatoms. The lowest BCUT2D eigenvalue weighted by atomic mass is 10.0. The predicted octanol–water partition coefficient (Wildman–Crippen LogP) is 3.93. The van der Waals surface area contributed by atoms with E-state index in [0.29, 0.717) is 6.61 Å². The van der Waals surface area contributed by atoms with Gasteiger partial charge >= 0.3 is 0 Å². The molecule has 2 rings (SSSR count). The van der Waals surface area contributed by atoms with Crippen LogP contribution >= 0.6 is 15.9 Å². The van der Waals surface area contributed by atoms with Crippen molar-refractivity contribution >= 4 is 15.9 Å². The molecule has 1 N–H and O–H groups in total. The largest absolute Gasteiger partial charge is 0.494 e. The normalized spacial score (nSPS) is 12.2. The van der Waals surface area contributed by atoms with Gasteiger partial charge < -0.3 is 9.84 Å². The molecule has 2 aromatic carbocycles. The standard InChI is InChI=1S/C15H15BrO2/c1-2-18-12-7-5-6-11(10-12)15(17)13-8-3-4-9-14(13)16/h3-10,15,17H,2H2,1H3. The summed E-state index contributed by atoms with van der Waals surface area (Å²) in [6.07, 6.45) is -0.652. The molecule has 0 radical (unpaired) electrons. The number of hydrogen-bond acceptors (Lipinski definition) is 2. The van der Waals surface area contributed by atoms with Crippen molar-refractivity contribution in [3.8, 4) is 5.75 Å². The van der Waals surface area contributed by atoms with Crippen LogP contribution in [0.2, 0.25) is 0 Å². The maximum Gasteiger partial charge on any atom is 0.119 e. The average Bonchev–Trinajstić information content (AvgIpc) is 2.39. The van der Waals surface area contributed by atoms with Gasteiger partial charge in [-0.15, -0.1) is 0 Å². The van der Waals surface area contributed by atoms with E-state index in [0.717, 1.165) is 21.3 Å². The topological polar surface area (TPSA) is 29.5 Å². The van der Waals surface area contributed by atoms with Gasteiger partial charge in [0, 0.05) is 4.47 Å². The zero-order valence-corrected chi connectivity index (χ0v) is 11.7. The zero-order valence-electron chi connectivity index (χ0n) is 10.1. The summed E-state index contributed by atoms with van der Waals surface area (Å²) >= 11 is 3.45. The first-order chi connectivity index (χ1) is 8.72. The summed E-state index contributed by atoms with van der Waals surface area (Å²) in [5, 5.41) is 10.4. The van der Waals surface area contributed by atoms with Crippen LogP contribution in [0, 0.1) is 0 Å². The molecule has 0 heterocycles. The molecule has 0 aliphatic carbocycles. The second-order valence-electron chi connectivity index (χ2n) is 3.93. The highest BCUT2D eigenvalue weighted by atomic mass is 79.9. The lowest BCUT2D eigenvalue weighted by Crippen LogP contribution is -2.01. The van der Waals surface area contributed by atoms with Crippen LogP contribution in [0.15, 0.2) is 53.0 Å². The first kappa shape index (κ1) is 13.1. The van der Waals surface area contributed by atoms with Gasteiger partial charge in [-0.2, -0.15) is 0 Å². The molecule has 0 aliphatic rings. The van der Waals surface area contributed by atoms with Gasteiger partial charge in [0.25, 0.3) is 0 Å². The lowest BCUT2D eigenvalue weighted by Gasteiger charge is -2.14. The number of aliphatic hydroxyl groups is 1. The van der Waals surface area contributed by atoms with E-state index in [1.807, 2.05) is 55.5 Å². The van der Waals surface area contributed by atoms with E-state index in [-0.39, 0.29) is 0 Å². The molecule has 0 aromatic heterocycles.